The Bertz CT molecular complexity index is 1510. The Morgan fingerprint density at radius 3 is 2.66 bits per heavy atom. The van der Waals surface area contributed by atoms with E-state index in [2.05, 4.69) is 21.4 Å². The van der Waals surface area contributed by atoms with Crippen LogP contribution in [0, 0.1) is 11.3 Å². The molecule has 4 rings (SSSR count). The van der Waals surface area contributed by atoms with E-state index in [0.717, 1.165) is 10.1 Å². The zero-order valence-corrected chi connectivity index (χ0v) is 19.8. The highest BCUT2D eigenvalue weighted by Crippen LogP contribution is 2.27. The first kappa shape index (κ1) is 23.5. The Balaban J connectivity index is 1.89. The van der Waals surface area contributed by atoms with Gasteiger partial charge in [-0.3, -0.25) is 9.55 Å². The number of aromatic nitrogens is 4. The van der Waals surface area contributed by atoms with Gasteiger partial charge in [-0.25, -0.2) is 14.6 Å². The second kappa shape index (κ2) is 8.95. The largest absolute Gasteiger partial charge is 0.443 e. The number of rotatable bonds is 4. The average molecular weight is 472 g/mol. The monoisotopic (exact) mass is 471 g/mol. The topological polar surface area (TPSA) is 141 Å². The lowest BCUT2D eigenvalue weighted by molar-refractivity contribution is 0.0537. The first-order valence-corrected chi connectivity index (χ1v) is 10.9. The predicted octanol–water partition coefficient (Wildman–Crippen LogP) is 4.18. The van der Waals surface area contributed by atoms with Gasteiger partial charge in [-0.05, 0) is 69.7 Å². The van der Waals surface area contributed by atoms with Crippen molar-refractivity contribution in [2.45, 2.75) is 39.3 Å². The minimum Gasteiger partial charge on any atom is -0.443 e. The van der Waals surface area contributed by atoms with Gasteiger partial charge in [-0.15, -0.1) is 0 Å². The molecule has 3 aromatic heterocycles. The Morgan fingerprint density at radius 1 is 1.23 bits per heavy atom. The number of carbonyl (C=O) groups is 1. The number of nitrogens with zero attached hydrogens (tertiary/aromatic N) is 5. The highest BCUT2D eigenvalue weighted by atomic mass is 16.6. The number of nitrogen functional groups attached to an aromatic ring is 1. The van der Waals surface area contributed by atoms with Crippen LogP contribution in [0.2, 0.25) is 0 Å². The van der Waals surface area contributed by atoms with Gasteiger partial charge in [0.05, 0.1) is 29.0 Å². The summed E-state index contributed by atoms with van der Waals surface area (Å²) < 4.78 is 7.89. The van der Waals surface area contributed by atoms with Crippen LogP contribution < -0.4 is 16.7 Å². The van der Waals surface area contributed by atoms with Crippen molar-refractivity contribution in [3.63, 3.8) is 0 Å². The molecule has 10 heteroatoms. The van der Waals surface area contributed by atoms with Crippen LogP contribution in [0.1, 0.15) is 44.9 Å². The SMILES string of the molecule is C[C@H](c1cccnc1)n1c(=O)n(C(=O)OC(C)(C)C)c2ccc(Nc3cc(C#N)ccc3N)nc21. The van der Waals surface area contributed by atoms with Gasteiger partial charge >= 0.3 is 11.8 Å². The number of hydrogen-bond donors (Lipinski definition) is 2. The summed E-state index contributed by atoms with van der Waals surface area (Å²) in [6, 6.07) is 13.3. The summed E-state index contributed by atoms with van der Waals surface area (Å²) in [6.45, 7) is 7.02. The Labute approximate surface area is 201 Å². The molecule has 0 saturated heterocycles. The van der Waals surface area contributed by atoms with Crippen molar-refractivity contribution in [1.82, 2.24) is 19.1 Å². The highest BCUT2D eigenvalue weighted by Gasteiger charge is 2.27. The van der Waals surface area contributed by atoms with Crippen LogP contribution in [0.4, 0.5) is 22.0 Å². The van der Waals surface area contributed by atoms with Crippen molar-refractivity contribution in [1.29, 1.82) is 5.26 Å². The second-order valence-electron chi connectivity index (χ2n) is 9.01. The Hall–Kier alpha value is -4.65. The van der Waals surface area contributed by atoms with Crippen molar-refractivity contribution in [3.05, 3.63) is 76.5 Å². The first-order chi connectivity index (χ1) is 16.6. The number of anilines is 3. The van der Waals surface area contributed by atoms with E-state index in [1.165, 1.54) is 4.57 Å². The lowest BCUT2D eigenvalue weighted by atomic mass is 10.1. The van der Waals surface area contributed by atoms with E-state index in [9.17, 15) is 14.9 Å². The fraction of sp³-hybridized carbons (Fsp3) is 0.240. The number of hydrogen-bond acceptors (Lipinski definition) is 8. The van der Waals surface area contributed by atoms with Gasteiger partial charge in [0.15, 0.2) is 5.65 Å². The van der Waals surface area contributed by atoms with Crippen molar-refractivity contribution < 1.29 is 9.53 Å². The maximum absolute atomic E-state index is 13.5. The van der Waals surface area contributed by atoms with Crippen LogP contribution in [-0.2, 0) is 4.74 Å². The van der Waals surface area contributed by atoms with Gasteiger partial charge < -0.3 is 15.8 Å². The highest BCUT2D eigenvalue weighted by molar-refractivity contribution is 5.86. The summed E-state index contributed by atoms with van der Waals surface area (Å²) in [5, 5.41) is 12.3. The molecule has 0 amide bonds. The second-order valence-corrected chi connectivity index (χ2v) is 9.01. The molecule has 178 valence electrons. The van der Waals surface area contributed by atoms with Crippen molar-refractivity contribution in [2.24, 2.45) is 0 Å². The maximum atomic E-state index is 13.5. The summed E-state index contributed by atoms with van der Waals surface area (Å²) >= 11 is 0. The number of fused-ring (bicyclic) bond motifs is 1. The molecule has 0 aliphatic heterocycles. The summed E-state index contributed by atoms with van der Waals surface area (Å²) in [6.07, 6.45) is 2.51. The van der Waals surface area contributed by atoms with E-state index in [1.54, 1.807) is 69.6 Å². The number of benzene rings is 1. The van der Waals surface area contributed by atoms with Gasteiger partial charge in [-0.2, -0.15) is 9.83 Å². The van der Waals surface area contributed by atoms with E-state index in [1.807, 2.05) is 13.0 Å². The fourth-order valence-electron chi connectivity index (χ4n) is 3.64. The average Bonchev–Trinajstić information content (AvgIpc) is 3.10. The molecule has 0 radical (unpaired) electrons. The number of nitrogens with one attached hydrogen (secondary N) is 1. The van der Waals surface area contributed by atoms with Crippen LogP contribution >= 0.6 is 0 Å². The molecule has 0 aliphatic carbocycles. The van der Waals surface area contributed by atoms with E-state index < -0.39 is 23.4 Å². The van der Waals surface area contributed by atoms with Crippen LogP contribution in [0.25, 0.3) is 11.2 Å². The normalized spacial score (nSPS) is 12.2. The molecule has 35 heavy (non-hydrogen) atoms. The molecule has 1 aromatic carbocycles. The van der Waals surface area contributed by atoms with Gasteiger partial charge in [0.2, 0.25) is 0 Å². The van der Waals surface area contributed by atoms with Gasteiger partial charge in [0.25, 0.3) is 0 Å². The number of ether oxygens (including phenoxy) is 1. The fourth-order valence-corrected chi connectivity index (χ4v) is 3.64. The van der Waals surface area contributed by atoms with Crippen LogP contribution in [0.5, 0.6) is 0 Å². The number of nitrogens with two attached hydrogens (primary N) is 1. The first-order valence-electron chi connectivity index (χ1n) is 10.9. The van der Waals surface area contributed by atoms with E-state index in [4.69, 9.17) is 10.5 Å². The van der Waals surface area contributed by atoms with Crippen LogP contribution in [0.15, 0.2) is 59.7 Å². The molecule has 0 aliphatic rings. The molecule has 4 aromatic rings. The number of pyridine rings is 2. The third kappa shape index (κ3) is 4.70. The minimum absolute atomic E-state index is 0.275. The van der Waals surface area contributed by atoms with Crippen LogP contribution in [0.3, 0.4) is 0 Å². The number of carbonyl (C=O) groups excluding carboxylic acids is 1. The van der Waals surface area contributed by atoms with Crippen molar-refractivity contribution in [3.8, 4) is 6.07 Å². The molecule has 10 nitrogen and oxygen atoms in total. The molecular formula is C25H25N7O3. The van der Waals surface area contributed by atoms with Crippen LogP contribution in [-0.4, -0.2) is 30.8 Å². The molecule has 0 saturated carbocycles. The summed E-state index contributed by atoms with van der Waals surface area (Å²) in [4.78, 5) is 35.3. The zero-order valence-electron chi connectivity index (χ0n) is 19.8. The van der Waals surface area contributed by atoms with E-state index in [0.29, 0.717) is 28.3 Å². The molecule has 0 spiro atoms. The molecule has 0 fully saturated rings. The van der Waals surface area contributed by atoms with Crippen molar-refractivity contribution in [2.75, 3.05) is 11.1 Å². The molecule has 1 atom stereocenters. The number of imidazole rings is 1. The third-order valence-corrected chi connectivity index (χ3v) is 5.30. The van der Waals surface area contributed by atoms with Gasteiger partial charge in [-0.1, -0.05) is 6.07 Å². The van der Waals surface area contributed by atoms with E-state index >= 15 is 0 Å². The smallest absolute Gasteiger partial charge is 0.423 e. The predicted molar refractivity (Wildman–Crippen MR) is 133 cm³/mol. The Morgan fingerprint density at radius 2 is 2.00 bits per heavy atom. The quantitative estimate of drug-likeness (QED) is 0.422. The standard InChI is InChI=1S/C25H25N7O3/c1-15(17-6-5-11-28-14-17)31-22-20(32(23(31)33)24(34)35-25(2,3)4)9-10-21(30-22)29-19-12-16(13-26)7-8-18(19)27/h5-12,14-15H,27H2,1-4H3,(H,29,30)/t15-/m1/s1. The minimum atomic E-state index is -0.794. The van der Waals surface area contributed by atoms with Crippen molar-refractivity contribution >= 4 is 34.4 Å². The molecular weight excluding hydrogens is 446 g/mol. The molecule has 0 unspecified atom stereocenters. The van der Waals surface area contributed by atoms with E-state index in [-0.39, 0.29) is 5.65 Å². The summed E-state index contributed by atoms with van der Waals surface area (Å²) in [5.41, 5.74) is 7.38. The van der Waals surface area contributed by atoms with Gasteiger partial charge in [0.1, 0.15) is 16.9 Å². The third-order valence-electron chi connectivity index (χ3n) is 5.30. The Kier molecular flexibility index (Phi) is 6.01. The zero-order chi connectivity index (χ0) is 25.3. The molecule has 0 bridgehead atoms. The lowest BCUT2D eigenvalue weighted by Gasteiger charge is -2.19. The van der Waals surface area contributed by atoms with Gasteiger partial charge in [0, 0.05) is 12.4 Å². The molecule has 3 N–H and O–H groups in total. The molecule has 3 heterocycles. The summed E-state index contributed by atoms with van der Waals surface area (Å²) in [5.74, 6) is 0.382. The lowest BCUT2D eigenvalue weighted by Crippen LogP contribution is -2.35. The maximum Gasteiger partial charge on any atom is 0.423 e. The number of nitriles is 1. The summed E-state index contributed by atoms with van der Waals surface area (Å²) in [7, 11) is 0.